The molecule has 0 radical (unpaired) electrons. The van der Waals surface area contributed by atoms with Crippen LogP contribution >= 0.6 is 0 Å². The van der Waals surface area contributed by atoms with E-state index in [1.54, 1.807) is 0 Å². The molecular weight excluding hydrogens is 388 g/mol. The van der Waals surface area contributed by atoms with Gasteiger partial charge in [-0.1, -0.05) is 18.2 Å². The largest absolute Gasteiger partial charge is 0.240 e. The van der Waals surface area contributed by atoms with Crippen molar-refractivity contribution in [2.24, 2.45) is 5.14 Å². The smallest absolute Gasteiger partial charge is 0.225 e. The molecule has 0 unspecified atom stereocenters. The van der Waals surface area contributed by atoms with Crippen LogP contribution in [0.1, 0.15) is 5.56 Å². The summed E-state index contributed by atoms with van der Waals surface area (Å²) in [5, 5.41) is 5.03. The maximum atomic E-state index is 12.3. The molecular formula is C14H16N2O6S3. The zero-order chi connectivity index (χ0) is 18.9. The third-order valence-electron chi connectivity index (χ3n) is 3.24. The Labute approximate surface area is 146 Å². The van der Waals surface area contributed by atoms with E-state index in [0.29, 0.717) is 5.56 Å². The number of benzene rings is 2. The van der Waals surface area contributed by atoms with E-state index < -0.39 is 29.9 Å². The first-order chi connectivity index (χ1) is 11.4. The minimum atomic E-state index is -3.98. The van der Waals surface area contributed by atoms with Crippen LogP contribution in [0.3, 0.4) is 0 Å². The van der Waals surface area contributed by atoms with Gasteiger partial charge in [0.25, 0.3) is 0 Å². The standard InChI is InChI=1S/C14H16N2O6S3/c1-23(17,18)12-5-3-7-14(9-12)25(21,22)16-10-11-4-2-6-13(8-11)24(15,19)20/h2-9,16H,10H2,1H3,(H2,15,19,20). The second-order valence-electron chi connectivity index (χ2n) is 5.26. The number of primary sulfonamides is 1. The highest BCUT2D eigenvalue weighted by Gasteiger charge is 2.17. The third kappa shape index (κ3) is 5.09. The Balaban J connectivity index is 2.26. The molecule has 8 nitrogen and oxygen atoms in total. The molecule has 2 rings (SSSR count). The minimum absolute atomic E-state index is 0.119. The van der Waals surface area contributed by atoms with Crippen LogP contribution in [0.4, 0.5) is 0 Å². The first kappa shape index (κ1) is 19.5. The fourth-order valence-electron chi connectivity index (χ4n) is 1.97. The summed E-state index contributed by atoms with van der Waals surface area (Å²) in [6.07, 6.45) is 0.977. The summed E-state index contributed by atoms with van der Waals surface area (Å²) < 4.78 is 72.6. The second-order valence-corrected chi connectivity index (χ2v) is 10.6. The molecule has 0 heterocycles. The molecule has 0 atom stereocenters. The van der Waals surface area contributed by atoms with Gasteiger partial charge >= 0.3 is 0 Å². The molecule has 3 N–H and O–H groups in total. The van der Waals surface area contributed by atoms with Crippen molar-refractivity contribution >= 4 is 29.9 Å². The SMILES string of the molecule is CS(=O)(=O)c1cccc(S(=O)(=O)NCc2cccc(S(N)(=O)=O)c2)c1. The van der Waals surface area contributed by atoms with Gasteiger partial charge in [0, 0.05) is 12.8 Å². The van der Waals surface area contributed by atoms with Crippen LogP contribution in [0.5, 0.6) is 0 Å². The van der Waals surface area contributed by atoms with E-state index in [1.807, 2.05) is 0 Å². The van der Waals surface area contributed by atoms with Crippen molar-refractivity contribution in [2.75, 3.05) is 6.26 Å². The molecule has 0 aliphatic carbocycles. The molecule has 0 aliphatic rings. The van der Waals surface area contributed by atoms with Gasteiger partial charge in [-0.25, -0.2) is 35.1 Å². The predicted molar refractivity (Wildman–Crippen MR) is 91.4 cm³/mol. The Morgan fingerprint density at radius 1 is 0.840 bits per heavy atom. The van der Waals surface area contributed by atoms with E-state index >= 15 is 0 Å². The maximum Gasteiger partial charge on any atom is 0.240 e. The molecule has 11 heteroatoms. The number of hydrogen-bond donors (Lipinski definition) is 2. The Kier molecular flexibility index (Phi) is 5.35. The van der Waals surface area contributed by atoms with Gasteiger partial charge in [0.1, 0.15) is 0 Å². The third-order valence-corrected chi connectivity index (χ3v) is 6.66. The summed E-state index contributed by atoms with van der Waals surface area (Å²) in [4.78, 5) is -0.465. The summed E-state index contributed by atoms with van der Waals surface area (Å²) in [5.74, 6) is 0. The Hall–Kier alpha value is -1.79. The van der Waals surface area contributed by atoms with Crippen LogP contribution in [0, 0.1) is 0 Å². The van der Waals surface area contributed by atoms with Crippen LogP contribution in [0.15, 0.2) is 63.2 Å². The molecule has 0 spiro atoms. The van der Waals surface area contributed by atoms with E-state index in [9.17, 15) is 25.3 Å². The highest BCUT2D eigenvalue weighted by molar-refractivity contribution is 7.91. The van der Waals surface area contributed by atoms with Gasteiger partial charge < -0.3 is 0 Å². The average molecular weight is 404 g/mol. The number of hydrogen-bond acceptors (Lipinski definition) is 6. The first-order valence-corrected chi connectivity index (χ1v) is 11.7. The molecule has 0 saturated carbocycles. The molecule has 0 aliphatic heterocycles. The molecule has 2 aromatic carbocycles. The average Bonchev–Trinajstić information content (AvgIpc) is 2.52. The summed E-state index contributed by atoms with van der Waals surface area (Å²) in [7, 11) is -11.4. The van der Waals surface area contributed by atoms with Crippen LogP contribution in [0.25, 0.3) is 0 Å². The lowest BCUT2D eigenvalue weighted by Crippen LogP contribution is -2.23. The van der Waals surface area contributed by atoms with Crippen molar-refractivity contribution in [3.63, 3.8) is 0 Å². The molecule has 0 bridgehead atoms. The normalized spacial score (nSPS) is 12.9. The first-order valence-electron chi connectivity index (χ1n) is 6.81. The van der Waals surface area contributed by atoms with Gasteiger partial charge in [0.2, 0.25) is 20.0 Å². The van der Waals surface area contributed by atoms with Gasteiger partial charge in [0.15, 0.2) is 9.84 Å². The lowest BCUT2D eigenvalue weighted by atomic mass is 10.2. The molecule has 0 amide bonds. The monoisotopic (exact) mass is 404 g/mol. The van der Waals surface area contributed by atoms with E-state index in [1.165, 1.54) is 42.5 Å². The molecule has 25 heavy (non-hydrogen) atoms. The van der Waals surface area contributed by atoms with Gasteiger partial charge in [-0.15, -0.1) is 0 Å². The van der Waals surface area contributed by atoms with Gasteiger partial charge in [-0.05, 0) is 35.9 Å². The van der Waals surface area contributed by atoms with E-state index in [4.69, 9.17) is 5.14 Å². The molecule has 0 aromatic heterocycles. The number of rotatable bonds is 6. The number of sulfone groups is 1. The Morgan fingerprint density at radius 2 is 1.40 bits per heavy atom. The van der Waals surface area contributed by atoms with Crippen LogP contribution in [-0.2, 0) is 36.4 Å². The van der Waals surface area contributed by atoms with Gasteiger partial charge in [0.05, 0.1) is 14.7 Å². The van der Waals surface area contributed by atoms with Gasteiger partial charge in [-0.3, -0.25) is 0 Å². The van der Waals surface area contributed by atoms with Gasteiger partial charge in [-0.2, -0.15) is 0 Å². The van der Waals surface area contributed by atoms with Crippen LogP contribution < -0.4 is 9.86 Å². The lowest BCUT2D eigenvalue weighted by molar-refractivity contribution is 0.581. The lowest BCUT2D eigenvalue weighted by Gasteiger charge is -2.09. The van der Waals surface area contributed by atoms with E-state index in [0.717, 1.165) is 12.3 Å². The highest BCUT2D eigenvalue weighted by atomic mass is 32.2. The number of nitrogens with one attached hydrogen (secondary N) is 1. The zero-order valence-electron chi connectivity index (χ0n) is 13.1. The molecule has 136 valence electrons. The highest BCUT2D eigenvalue weighted by Crippen LogP contribution is 2.16. The number of nitrogens with two attached hydrogens (primary N) is 1. The maximum absolute atomic E-state index is 12.3. The molecule has 0 saturated heterocycles. The van der Waals surface area contributed by atoms with Crippen molar-refractivity contribution < 1.29 is 25.3 Å². The van der Waals surface area contributed by atoms with Crippen molar-refractivity contribution in [2.45, 2.75) is 21.2 Å². The Morgan fingerprint density at radius 3 is 2.00 bits per heavy atom. The second kappa shape index (κ2) is 6.84. The van der Waals surface area contributed by atoms with Crippen molar-refractivity contribution in [1.82, 2.24) is 4.72 Å². The quantitative estimate of drug-likeness (QED) is 0.705. The summed E-state index contributed by atoms with van der Waals surface area (Å²) in [5.41, 5.74) is 0.384. The number of sulfonamides is 2. The molecule has 2 aromatic rings. The van der Waals surface area contributed by atoms with E-state index in [2.05, 4.69) is 4.72 Å². The summed E-state index contributed by atoms with van der Waals surface area (Å²) in [6, 6.07) is 10.5. The zero-order valence-corrected chi connectivity index (χ0v) is 15.5. The van der Waals surface area contributed by atoms with Crippen LogP contribution in [-0.4, -0.2) is 31.5 Å². The van der Waals surface area contributed by atoms with Crippen molar-refractivity contribution in [3.8, 4) is 0 Å². The fourth-order valence-corrected chi connectivity index (χ4v) is 4.35. The van der Waals surface area contributed by atoms with Crippen LogP contribution in [0.2, 0.25) is 0 Å². The minimum Gasteiger partial charge on any atom is -0.225 e. The molecule has 0 fully saturated rings. The van der Waals surface area contributed by atoms with Crippen molar-refractivity contribution in [1.29, 1.82) is 0 Å². The van der Waals surface area contributed by atoms with E-state index in [-0.39, 0.29) is 21.2 Å². The fraction of sp³-hybridized carbons (Fsp3) is 0.143. The van der Waals surface area contributed by atoms with Crippen molar-refractivity contribution in [3.05, 3.63) is 54.1 Å². The topological polar surface area (TPSA) is 140 Å². The summed E-state index contributed by atoms with van der Waals surface area (Å²) in [6.45, 7) is -0.186. The predicted octanol–water partition coefficient (Wildman–Crippen LogP) is 0.216. The summed E-state index contributed by atoms with van der Waals surface area (Å²) >= 11 is 0. The Bertz CT molecular complexity index is 1110.